The van der Waals surface area contributed by atoms with Crippen LogP contribution in [0.2, 0.25) is 0 Å². The van der Waals surface area contributed by atoms with E-state index in [0.29, 0.717) is 6.61 Å². The molecular formula is C14H21NO4S. The summed E-state index contributed by atoms with van der Waals surface area (Å²) in [5, 5.41) is 3.37. The van der Waals surface area contributed by atoms with Crippen LogP contribution in [0.5, 0.6) is 11.5 Å². The number of ether oxygens (including phenoxy) is 2. The van der Waals surface area contributed by atoms with Gasteiger partial charge in [-0.05, 0) is 25.1 Å². The van der Waals surface area contributed by atoms with Crippen LogP contribution in [0, 0.1) is 0 Å². The van der Waals surface area contributed by atoms with Gasteiger partial charge in [0.25, 0.3) is 0 Å². The minimum atomic E-state index is -2.98. The molecule has 1 aliphatic heterocycles. The third kappa shape index (κ3) is 3.86. The van der Waals surface area contributed by atoms with Crippen molar-refractivity contribution in [2.45, 2.75) is 25.4 Å². The van der Waals surface area contributed by atoms with E-state index in [2.05, 4.69) is 5.32 Å². The monoisotopic (exact) mass is 299 g/mol. The summed E-state index contributed by atoms with van der Waals surface area (Å²) in [6.07, 6.45) is 2.07. The van der Waals surface area contributed by atoms with E-state index < -0.39 is 9.84 Å². The maximum Gasteiger partial charge on any atom is 0.148 e. The van der Waals surface area contributed by atoms with Crippen LogP contribution in [0.25, 0.3) is 0 Å². The number of hydrogen-bond donors (Lipinski definition) is 1. The highest BCUT2D eigenvalue weighted by Crippen LogP contribution is 2.34. The third-order valence-corrected chi connectivity index (χ3v) is 4.40. The van der Waals surface area contributed by atoms with Crippen LogP contribution >= 0.6 is 0 Å². The van der Waals surface area contributed by atoms with Crippen molar-refractivity contribution in [3.05, 3.63) is 23.8 Å². The van der Waals surface area contributed by atoms with E-state index in [1.807, 2.05) is 25.1 Å². The summed E-state index contributed by atoms with van der Waals surface area (Å²) in [6.45, 7) is 2.51. The summed E-state index contributed by atoms with van der Waals surface area (Å²) >= 11 is 0. The standard InChI is InChI=1S/C14H21NO4S/c1-10(9-20(3,16)17)15-13-6-7-19-14-5-4-11(18-2)8-12(13)14/h4-5,8,10,13,15H,6-7,9H2,1-3H3. The molecule has 2 atom stereocenters. The molecule has 0 saturated heterocycles. The van der Waals surface area contributed by atoms with Crippen molar-refractivity contribution in [1.29, 1.82) is 0 Å². The molecule has 6 heteroatoms. The Bertz CT molecular complexity index is 571. The molecule has 0 aliphatic carbocycles. The molecule has 0 bridgehead atoms. The smallest absolute Gasteiger partial charge is 0.148 e. The van der Waals surface area contributed by atoms with Gasteiger partial charge in [0.1, 0.15) is 21.3 Å². The van der Waals surface area contributed by atoms with Crippen LogP contribution in [0.4, 0.5) is 0 Å². The number of sulfone groups is 1. The first-order valence-electron chi connectivity index (χ1n) is 6.63. The highest BCUT2D eigenvalue weighted by molar-refractivity contribution is 7.90. The number of benzene rings is 1. The molecule has 0 amide bonds. The normalized spacial score (nSPS) is 19.9. The van der Waals surface area contributed by atoms with Crippen molar-refractivity contribution in [1.82, 2.24) is 5.32 Å². The van der Waals surface area contributed by atoms with Crippen LogP contribution in [-0.4, -0.2) is 40.2 Å². The van der Waals surface area contributed by atoms with Crippen molar-refractivity contribution < 1.29 is 17.9 Å². The fourth-order valence-electron chi connectivity index (χ4n) is 2.52. The fourth-order valence-corrected chi connectivity index (χ4v) is 3.52. The molecule has 0 fully saturated rings. The van der Waals surface area contributed by atoms with E-state index >= 15 is 0 Å². The topological polar surface area (TPSA) is 64.6 Å². The minimum Gasteiger partial charge on any atom is -0.497 e. The Balaban J connectivity index is 2.15. The van der Waals surface area contributed by atoms with E-state index in [0.717, 1.165) is 23.5 Å². The second-order valence-corrected chi connectivity index (χ2v) is 7.44. The molecule has 20 heavy (non-hydrogen) atoms. The molecule has 1 N–H and O–H groups in total. The van der Waals surface area contributed by atoms with Crippen molar-refractivity contribution in [3.8, 4) is 11.5 Å². The maximum absolute atomic E-state index is 11.3. The Labute approximate surface area is 120 Å². The third-order valence-electron chi connectivity index (χ3n) is 3.29. The molecule has 0 spiro atoms. The first-order chi connectivity index (χ1) is 9.39. The van der Waals surface area contributed by atoms with Gasteiger partial charge in [-0.25, -0.2) is 8.42 Å². The molecule has 2 rings (SSSR count). The molecule has 1 heterocycles. The summed E-state index contributed by atoms with van der Waals surface area (Å²) in [7, 11) is -1.36. The van der Waals surface area contributed by atoms with E-state index in [9.17, 15) is 8.42 Å². The first-order valence-corrected chi connectivity index (χ1v) is 8.69. The minimum absolute atomic E-state index is 0.0885. The average molecular weight is 299 g/mol. The molecule has 1 aromatic rings. The quantitative estimate of drug-likeness (QED) is 0.893. The predicted molar refractivity (Wildman–Crippen MR) is 78.2 cm³/mol. The van der Waals surface area contributed by atoms with Gasteiger partial charge in [0.2, 0.25) is 0 Å². The molecule has 5 nitrogen and oxygen atoms in total. The number of methoxy groups -OCH3 is 1. The van der Waals surface area contributed by atoms with Crippen LogP contribution in [0.1, 0.15) is 24.9 Å². The predicted octanol–water partition coefficient (Wildman–Crippen LogP) is 1.54. The van der Waals surface area contributed by atoms with Crippen molar-refractivity contribution in [2.24, 2.45) is 0 Å². The molecule has 112 valence electrons. The molecule has 0 radical (unpaired) electrons. The van der Waals surface area contributed by atoms with Crippen LogP contribution < -0.4 is 14.8 Å². The molecule has 0 aromatic heterocycles. The number of rotatable bonds is 5. The summed E-state index contributed by atoms with van der Waals surface area (Å²) in [6, 6.07) is 5.68. The second-order valence-electron chi connectivity index (χ2n) is 5.25. The molecule has 1 aliphatic rings. The number of fused-ring (bicyclic) bond motifs is 1. The second kappa shape index (κ2) is 6.01. The van der Waals surface area contributed by atoms with Gasteiger partial charge in [0.05, 0.1) is 19.5 Å². The molecule has 0 saturated carbocycles. The summed E-state index contributed by atoms with van der Waals surface area (Å²) in [5.74, 6) is 1.74. The lowest BCUT2D eigenvalue weighted by molar-refractivity contribution is 0.246. The van der Waals surface area contributed by atoms with Crippen molar-refractivity contribution >= 4 is 9.84 Å². The Morgan fingerprint density at radius 2 is 2.25 bits per heavy atom. The van der Waals surface area contributed by atoms with E-state index in [1.165, 1.54) is 6.26 Å². The Morgan fingerprint density at radius 1 is 1.50 bits per heavy atom. The summed E-state index contributed by atoms with van der Waals surface area (Å²) in [4.78, 5) is 0. The SMILES string of the molecule is COc1ccc2c(c1)C(NC(C)CS(C)(=O)=O)CCO2. The van der Waals surface area contributed by atoms with Crippen LogP contribution in [0.3, 0.4) is 0 Å². The van der Waals surface area contributed by atoms with Gasteiger partial charge in [0, 0.05) is 30.3 Å². The van der Waals surface area contributed by atoms with Gasteiger partial charge in [-0.15, -0.1) is 0 Å². The Kier molecular flexibility index (Phi) is 4.55. The summed E-state index contributed by atoms with van der Waals surface area (Å²) in [5.41, 5.74) is 1.02. The van der Waals surface area contributed by atoms with Gasteiger partial charge in [-0.3, -0.25) is 0 Å². The zero-order chi connectivity index (χ0) is 14.8. The lowest BCUT2D eigenvalue weighted by Gasteiger charge is -2.29. The van der Waals surface area contributed by atoms with Gasteiger partial charge < -0.3 is 14.8 Å². The van der Waals surface area contributed by atoms with E-state index in [-0.39, 0.29) is 17.8 Å². The summed E-state index contributed by atoms with van der Waals surface area (Å²) < 4.78 is 33.5. The first kappa shape index (κ1) is 15.1. The van der Waals surface area contributed by atoms with Gasteiger partial charge in [-0.1, -0.05) is 0 Å². The average Bonchev–Trinajstić information content (AvgIpc) is 2.36. The largest absolute Gasteiger partial charge is 0.497 e. The zero-order valence-corrected chi connectivity index (χ0v) is 12.9. The molecule has 2 unspecified atom stereocenters. The van der Waals surface area contributed by atoms with Crippen molar-refractivity contribution in [2.75, 3.05) is 25.7 Å². The maximum atomic E-state index is 11.3. The van der Waals surface area contributed by atoms with E-state index in [1.54, 1.807) is 7.11 Å². The highest BCUT2D eigenvalue weighted by atomic mass is 32.2. The fraction of sp³-hybridized carbons (Fsp3) is 0.571. The number of nitrogens with one attached hydrogen (secondary N) is 1. The Hall–Kier alpha value is -1.27. The highest BCUT2D eigenvalue weighted by Gasteiger charge is 2.24. The van der Waals surface area contributed by atoms with Crippen LogP contribution in [-0.2, 0) is 9.84 Å². The number of hydrogen-bond acceptors (Lipinski definition) is 5. The van der Waals surface area contributed by atoms with Gasteiger partial charge >= 0.3 is 0 Å². The lowest BCUT2D eigenvalue weighted by atomic mass is 9.99. The van der Waals surface area contributed by atoms with Crippen molar-refractivity contribution in [3.63, 3.8) is 0 Å². The van der Waals surface area contributed by atoms with Crippen LogP contribution in [0.15, 0.2) is 18.2 Å². The lowest BCUT2D eigenvalue weighted by Crippen LogP contribution is -2.37. The molecular weight excluding hydrogens is 278 g/mol. The zero-order valence-electron chi connectivity index (χ0n) is 12.0. The molecule has 1 aromatic carbocycles. The Morgan fingerprint density at radius 3 is 2.90 bits per heavy atom. The van der Waals surface area contributed by atoms with E-state index in [4.69, 9.17) is 9.47 Å². The van der Waals surface area contributed by atoms with Gasteiger partial charge in [-0.2, -0.15) is 0 Å². The van der Waals surface area contributed by atoms with Gasteiger partial charge in [0.15, 0.2) is 0 Å².